The maximum atomic E-state index is 11.2. The zero-order valence-electron chi connectivity index (χ0n) is 14.7. The first kappa shape index (κ1) is 17.9. The molecule has 0 fully saturated rings. The fourth-order valence-electron chi connectivity index (χ4n) is 2.95. The van der Waals surface area contributed by atoms with Crippen molar-refractivity contribution >= 4 is 17.5 Å². The van der Waals surface area contributed by atoms with Crippen molar-refractivity contribution in [2.45, 2.75) is 19.8 Å². The number of hydrogen-bond donors (Lipinski definition) is 1. The van der Waals surface area contributed by atoms with Gasteiger partial charge < -0.3 is 10.5 Å². The van der Waals surface area contributed by atoms with Crippen LogP contribution >= 0.6 is 11.6 Å². The molecule has 26 heavy (non-hydrogen) atoms. The lowest BCUT2D eigenvalue weighted by Crippen LogP contribution is -2.13. The lowest BCUT2D eigenvalue weighted by Gasteiger charge is -2.17. The molecule has 0 aliphatic heterocycles. The SMILES string of the molecule is COc1cc(C(C)c2ccc(Cl)cc2C)ccc1-n1cnc(C(N)=O)n1. The smallest absolute Gasteiger partial charge is 0.288 e. The van der Waals surface area contributed by atoms with Crippen molar-refractivity contribution in [2.24, 2.45) is 5.73 Å². The minimum absolute atomic E-state index is 0.0405. The summed E-state index contributed by atoms with van der Waals surface area (Å²) in [5.41, 5.74) is 9.31. The van der Waals surface area contributed by atoms with Crippen molar-refractivity contribution in [3.8, 4) is 11.4 Å². The van der Waals surface area contributed by atoms with Gasteiger partial charge in [0.1, 0.15) is 17.8 Å². The van der Waals surface area contributed by atoms with Crippen LogP contribution in [0.5, 0.6) is 5.75 Å². The Morgan fingerprint density at radius 1 is 1.27 bits per heavy atom. The largest absolute Gasteiger partial charge is 0.494 e. The normalized spacial score (nSPS) is 12.0. The second-order valence-electron chi connectivity index (χ2n) is 6.03. The van der Waals surface area contributed by atoms with Crippen LogP contribution in [0.1, 0.15) is 40.2 Å². The van der Waals surface area contributed by atoms with Crippen molar-refractivity contribution in [1.82, 2.24) is 14.8 Å². The molecule has 0 spiro atoms. The first-order chi connectivity index (χ1) is 12.4. The third kappa shape index (κ3) is 3.41. The van der Waals surface area contributed by atoms with Gasteiger partial charge in [0.25, 0.3) is 5.91 Å². The number of carbonyl (C=O) groups excluding carboxylic acids is 1. The number of rotatable bonds is 5. The van der Waals surface area contributed by atoms with E-state index in [2.05, 4.69) is 17.0 Å². The summed E-state index contributed by atoms with van der Waals surface area (Å²) in [5.74, 6) is 0.0708. The van der Waals surface area contributed by atoms with Crippen LogP contribution in [0, 0.1) is 6.92 Å². The van der Waals surface area contributed by atoms with E-state index in [1.165, 1.54) is 16.6 Å². The molecule has 7 heteroatoms. The third-order valence-corrected chi connectivity index (χ3v) is 4.60. The van der Waals surface area contributed by atoms with Gasteiger partial charge in [0.2, 0.25) is 5.82 Å². The van der Waals surface area contributed by atoms with Crippen molar-refractivity contribution in [3.05, 3.63) is 70.3 Å². The predicted octanol–water partition coefficient (Wildman–Crippen LogP) is 3.49. The van der Waals surface area contributed by atoms with Crippen LogP contribution in [0.25, 0.3) is 5.69 Å². The van der Waals surface area contributed by atoms with Gasteiger partial charge in [-0.05, 0) is 47.9 Å². The van der Waals surface area contributed by atoms with E-state index in [4.69, 9.17) is 22.1 Å². The van der Waals surface area contributed by atoms with Gasteiger partial charge in [-0.3, -0.25) is 4.79 Å². The fraction of sp³-hybridized carbons (Fsp3) is 0.211. The minimum atomic E-state index is -0.675. The lowest BCUT2D eigenvalue weighted by atomic mass is 9.90. The fourth-order valence-corrected chi connectivity index (χ4v) is 3.18. The molecule has 1 aromatic heterocycles. The van der Waals surface area contributed by atoms with Gasteiger partial charge >= 0.3 is 0 Å². The molecule has 1 heterocycles. The highest BCUT2D eigenvalue weighted by atomic mass is 35.5. The second kappa shape index (κ2) is 7.17. The molecule has 3 rings (SSSR count). The van der Waals surface area contributed by atoms with Gasteiger partial charge in [-0.1, -0.05) is 30.7 Å². The molecular formula is C19H19ClN4O2. The van der Waals surface area contributed by atoms with E-state index in [1.54, 1.807) is 7.11 Å². The molecule has 2 aromatic carbocycles. The van der Waals surface area contributed by atoms with Crippen LogP contribution in [0.4, 0.5) is 0 Å². The molecule has 1 atom stereocenters. The van der Waals surface area contributed by atoms with Crippen LogP contribution in [0.3, 0.4) is 0 Å². The summed E-state index contributed by atoms with van der Waals surface area (Å²) < 4.78 is 6.99. The van der Waals surface area contributed by atoms with Crippen LogP contribution < -0.4 is 10.5 Å². The zero-order valence-corrected chi connectivity index (χ0v) is 15.5. The van der Waals surface area contributed by atoms with E-state index >= 15 is 0 Å². The third-order valence-electron chi connectivity index (χ3n) is 4.36. The van der Waals surface area contributed by atoms with Crippen LogP contribution in [-0.4, -0.2) is 27.8 Å². The van der Waals surface area contributed by atoms with E-state index < -0.39 is 5.91 Å². The molecule has 2 N–H and O–H groups in total. The van der Waals surface area contributed by atoms with Crippen LogP contribution in [0.15, 0.2) is 42.7 Å². The van der Waals surface area contributed by atoms with Gasteiger partial charge in [0.05, 0.1) is 7.11 Å². The maximum absolute atomic E-state index is 11.2. The van der Waals surface area contributed by atoms with Crippen LogP contribution in [0.2, 0.25) is 5.02 Å². The number of ether oxygens (including phenoxy) is 1. The summed E-state index contributed by atoms with van der Waals surface area (Å²) >= 11 is 6.06. The number of carbonyl (C=O) groups is 1. The summed E-state index contributed by atoms with van der Waals surface area (Å²) in [6.07, 6.45) is 1.43. The average molecular weight is 371 g/mol. The average Bonchev–Trinajstić information content (AvgIpc) is 3.11. The highest BCUT2D eigenvalue weighted by molar-refractivity contribution is 6.30. The van der Waals surface area contributed by atoms with Gasteiger partial charge in [-0.15, -0.1) is 5.10 Å². The Morgan fingerprint density at radius 3 is 2.65 bits per heavy atom. The van der Waals surface area contributed by atoms with E-state index in [0.717, 1.165) is 16.1 Å². The number of primary amides is 1. The topological polar surface area (TPSA) is 83.0 Å². The second-order valence-corrected chi connectivity index (χ2v) is 6.47. The van der Waals surface area contributed by atoms with Crippen molar-refractivity contribution in [3.63, 3.8) is 0 Å². The molecular weight excluding hydrogens is 352 g/mol. The number of aryl methyl sites for hydroxylation is 1. The molecule has 134 valence electrons. The number of amides is 1. The Labute approximate surface area is 156 Å². The maximum Gasteiger partial charge on any atom is 0.288 e. The van der Waals surface area contributed by atoms with Crippen LogP contribution in [-0.2, 0) is 0 Å². The summed E-state index contributed by atoms with van der Waals surface area (Å²) in [7, 11) is 1.59. The van der Waals surface area contributed by atoms with Gasteiger partial charge in [-0.2, -0.15) is 0 Å². The number of hydrogen-bond acceptors (Lipinski definition) is 4. The Hall–Kier alpha value is -2.86. The highest BCUT2D eigenvalue weighted by Crippen LogP contribution is 2.32. The summed E-state index contributed by atoms with van der Waals surface area (Å²) in [4.78, 5) is 15.1. The van der Waals surface area contributed by atoms with Gasteiger partial charge in [-0.25, -0.2) is 9.67 Å². The summed E-state index contributed by atoms with van der Waals surface area (Å²) in [6.45, 7) is 4.18. The summed E-state index contributed by atoms with van der Waals surface area (Å²) in [5, 5.41) is 4.81. The lowest BCUT2D eigenvalue weighted by molar-refractivity contribution is 0.0990. The number of nitrogens with zero attached hydrogens (tertiary/aromatic N) is 3. The quantitative estimate of drug-likeness (QED) is 0.745. The number of methoxy groups -OCH3 is 1. The number of benzene rings is 2. The Balaban J connectivity index is 1.99. The molecule has 0 radical (unpaired) electrons. The molecule has 0 aliphatic rings. The molecule has 0 saturated heterocycles. The van der Waals surface area contributed by atoms with E-state index in [-0.39, 0.29) is 11.7 Å². The van der Waals surface area contributed by atoms with E-state index in [0.29, 0.717) is 11.4 Å². The Morgan fingerprint density at radius 2 is 2.04 bits per heavy atom. The molecule has 0 aliphatic carbocycles. The Kier molecular flexibility index (Phi) is 4.95. The molecule has 0 bridgehead atoms. The minimum Gasteiger partial charge on any atom is -0.494 e. The number of halogens is 1. The Bertz CT molecular complexity index is 968. The van der Waals surface area contributed by atoms with Crippen molar-refractivity contribution < 1.29 is 9.53 Å². The molecule has 0 saturated carbocycles. The standard InChI is InChI=1S/C19H19ClN4O2/c1-11-8-14(20)5-6-15(11)12(2)13-4-7-16(17(9-13)26-3)24-10-22-19(23-24)18(21)25/h4-10,12H,1-3H3,(H2,21,25). The van der Waals surface area contributed by atoms with Crippen molar-refractivity contribution in [1.29, 1.82) is 0 Å². The first-order valence-corrected chi connectivity index (χ1v) is 8.44. The van der Waals surface area contributed by atoms with Gasteiger partial charge in [0.15, 0.2) is 0 Å². The number of nitrogens with two attached hydrogens (primary N) is 1. The molecule has 1 amide bonds. The van der Waals surface area contributed by atoms with E-state index in [1.807, 2.05) is 43.3 Å². The zero-order chi connectivity index (χ0) is 18.8. The monoisotopic (exact) mass is 370 g/mol. The van der Waals surface area contributed by atoms with Crippen molar-refractivity contribution in [2.75, 3.05) is 7.11 Å². The molecule has 3 aromatic rings. The van der Waals surface area contributed by atoms with E-state index in [9.17, 15) is 4.79 Å². The van der Waals surface area contributed by atoms with Gasteiger partial charge in [0, 0.05) is 10.9 Å². The predicted molar refractivity (Wildman–Crippen MR) is 100 cm³/mol. The highest BCUT2D eigenvalue weighted by Gasteiger charge is 2.16. The summed E-state index contributed by atoms with van der Waals surface area (Å²) in [6, 6.07) is 11.7. The number of aromatic nitrogens is 3. The molecule has 6 nitrogen and oxygen atoms in total. The molecule has 1 unspecified atom stereocenters. The first-order valence-electron chi connectivity index (χ1n) is 8.06.